The van der Waals surface area contributed by atoms with Gasteiger partial charge in [-0.2, -0.15) is 0 Å². The molecule has 1 aliphatic heterocycles. The van der Waals surface area contributed by atoms with E-state index >= 15 is 0 Å². The van der Waals surface area contributed by atoms with Crippen LogP contribution in [0.5, 0.6) is 11.5 Å². The smallest absolute Gasteiger partial charge is 0.246 e. The first-order chi connectivity index (χ1) is 20.3. The standard InChI is InChI=1S/C30H30FN9O2/c1-5-26(41)40-11-10-39(9-8-19(40)3)30-32-15-24-27(37-30)29(34-16-33-24)36-20-6-7-25(18(2)12-20)42-21-13-22(31)28-23(14-21)35-17-38(28)4/h5-7,12-17,19H,1,8-11H2,2-4H3,(H,33,34,36)/t19-/m0/s1. The lowest BCUT2D eigenvalue weighted by molar-refractivity contribution is -0.127. The van der Waals surface area contributed by atoms with Crippen molar-refractivity contribution in [3.05, 3.63) is 73.2 Å². The summed E-state index contributed by atoms with van der Waals surface area (Å²) in [4.78, 5) is 38.6. The van der Waals surface area contributed by atoms with E-state index in [0.717, 1.165) is 17.7 Å². The molecule has 0 unspecified atom stereocenters. The normalized spacial score (nSPS) is 15.6. The van der Waals surface area contributed by atoms with Crippen LogP contribution in [0.25, 0.3) is 22.1 Å². The van der Waals surface area contributed by atoms with Crippen LogP contribution in [0, 0.1) is 12.7 Å². The van der Waals surface area contributed by atoms with E-state index in [1.54, 1.807) is 30.2 Å². The quantitative estimate of drug-likeness (QED) is 0.286. The molecule has 1 fully saturated rings. The van der Waals surface area contributed by atoms with Crippen molar-refractivity contribution in [3.63, 3.8) is 0 Å². The number of carbonyl (C=O) groups excluding carboxylic acids is 1. The lowest BCUT2D eigenvalue weighted by atomic mass is 10.2. The molecule has 1 N–H and O–H groups in total. The number of hydrogen-bond donors (Lipinski definition) is 1. The molecular formula is C30H30FN9O2. The van der Waals surface area contributed by atoms with E-state index in [0.29, 0.717) is 65.0 Å². The van der Waals surface area contributed by atoms with Gasteiger partial charge in [0.1, 0.15) is 34.4 Å². The molecule has 2 aromatic carbocycles. The van der Waals surface area contributed by atoms with Gasteiger partial charge in [-0.3, -0.25) is 4.79 Å². The van der Waals surface area contributed by atoms with Crippen LogP contribution in [0.15, 0.2) is 61.8 Å². The summed E-state index contributed by atoms with van der Waals surface area (Å²) in [5, 5.41) is 3.34. The van der Waals surface area contributed by atoms with E-state index in [1.165, 1.54) is 18.5 Å². The Morgan fingerprint density at radius 2 is 1.98 bits per heavy atom. The molecular weight excluding hydrogens is 537 g/mol. The molecule has 0 radical (unpaired) electrons. The summed E-state index contributed by atoms with van der Waals surface area (Å²) in [5.74, 6) is 1.58. The average molecular weight is 568 g/mol. The summed E-state index contributed by atoms with van der Waals surface area (Å²) in [6.45, 7) is 9.44. The highest BCUT2D eigenvalue weighted by atomic mass is 19.1. The number of hydrogen-bond acceptors (Lipinski definition) is 9. The largest absolute Gasteiger partial charge is 0.457 e. The number of fused-ring (bicyclic) bond motifs is 2. The molecule has 0 spiro atoms. The molecule has 6 rings (SSSR count). The maximum Gasteiger partial charge on any atom is 0.246 e. The third-order valence-electron chi connectivity index (χ3n) is 7.47. The summed E-state index contributed by atoms with van der Waals surface area (Å²) < 4.78 is 22.3. The SMILES string of the molecule is C=CC(=O)N1CCN(c2ncc3ncnc(Nc4ccc(Oc5cc(F)c6c(c5)ncn6C)c(C)c4)c3n2)CC[C@@H]1C. The summed E-state index contributed by atoms with van der Waals surface area (Å²) >= 11 is 0. The second-order valence-electron chi connectivity index (χ2n) is 10.3. The first kappa shape index (κ1) is 27.1. The molecule has 11 nitrogen and oxygen atoms in total. The second kappa shape index (κ2) is 11.0. The Bertz CT molecular complexity index is 1820. The van der Waals surface area contributed by atoms with Gasteiger partial charge < -0.3 is 24.4 Å². The van der Waals surface area contributed by atoms with Gasteiger partial charge in [-0.1, -0.05) is 6.58 Å². The van der Waals surface area contributed by atoms with Crippen LogP contribution in [-0.2, 0) is 11.8 Å². The van der Waals surface area contributed by atoms with Gasteiger partial charge in [-0.05, 0) is 50.1 Å². The summed E-state index contributed by atoms with van der Waals surface area (Å²) in [6.07, 6.45) is 6.86. The highest BCUT2D eigenvalue weighted by molar-refractivity contribution is 5.88. The molecule has 1 aliphatic rings. The number of anilines is 3. The van der Waals surface area contributed by atoms with Gasteiger partial charge in [-0.15, -0.1) is 0 Å². The fourth-order valence-electron chi connectivity index (χ4n) is 5.17. The van der Waals surface area contributed by atoms with Crippen molar-refractivity contribution in [2.75, 3.05) is 29.9 Å². The van der Waals surface area contributed by atoms with Crippen LogP contribution in [-0.4, -0.2) is 66.0 Å². The molecule has 42 heavy (non-hydrogen) atoms. The molecule has 0 saturated carbocycles. The number of nitrogens with zero attached hydrogens (tertiary/aromatic N) is 8. The van der Waals surface area contributed by atoms with Crippen molar-refractivity contribution in [2.45, 2.75) is 26.3 Å². The van der Waals surface area contributed by atoms with Gasteiger partial charge in [0, 0.05) is 50.5 Å². The Kier molecular flexibility index (Phi) is 7.11. The van der Waals surface area contributed by atoms with Crippen LogP contribution in [0.2, 0.25) is 0 Å². The number of carbonyl (C=O) groups is 1. The number of aromatic nitrogens is 6. The van der Waals surface area contributed by atoms with Gasteiger partial charge in [0.2, 0.25) is 11.9 Å². The van der Waals surface area contributed by atoms with Gasteiger partial charge >= 0.3 is 0 Å². The molecule has 1 amide bonds. The van der Waals surface area contributed by atoms with E-state index in [9.17, 15) is 9.18 Å². The van der Waals surface area contributed by atoms with E-state index in [4.69, 9.17) is 9.72 Å². The minimum atomic E-state index is -0.396. The predicted molar refractivity (Wildman–Crippen MR) is 159 cm³/mol. The van der Waals surface area contributed by atoms with Gasteiger partial charge in [0.05, 0.1) is 18.0 Å². The summed E-state index contributed by atoms with van der Waals surface area (Å²) in [5.41, 5.74) is 3.75. The number of benzene rings is 2. The Morgan fingerprint density at radius 1 is 1.12 bits per heavy atom. The fourth-order valence-corrected chi connectivity index (χ4v) is 5.17. The van der Waals surface area contributed by atoms with Gasteiger partial charge in [0.15, 0.2) is 11.6 Å². The third-order valence-corrected chi connectivity index (χ3v) is 7.47. The Balaban J connectivity index is 1.22. The van der Waals surface area contributed by atoms with E-state index < -0.39 is 5.82 Å². The molecule has 3 aromatic heterocycles. The Morgan fingerprint density at radius 3 is 2.79 bits per heavy atom. The number of rotatable bonds is 6. The predicted octanol–water partition coefficient (Wildman–Crippen LogP) is 4.90. The highest BCUT2D eigenvalue weighted by Crippen LogP contribution is 2.32. The summed E-state index contributed by atoms with van der Waals surface area (Å²) in [6, 6.07) is 8.76. The maximum absolute atomic E-state index is 14.6. The van der Waals surface area contributed by atoms with Crippen molar-refractivity contribution < 1.29 is 13.9 Å². The van der Waals surface area contributed by atoms with Crippen molar-refractivity contribution in [1.29, 1.82) is 0 Å². The molecule has 1 saturated heterocycles. The minimum Gasteiger partial charge on any atom is -0.457 e. The fraction of sp³-hybridized carbons (Fsp3) is 0.267. The molecule has 4 heterocycles. The topological polar surface area (TPSA) is 114 Å². The second-order valence-corrected chi connectivity index (χ2v) is 10.3. The van der Waals surface area contributed by atoms with E-state index in [2.05, 4.69) is 36.7 Å². The maximum atomic E-state index is 14.6. The van der Waals surface area contributed by atoms with Crippen LogP contribution in [0.3, 0.4) is 0 Å². The zero-order valence-corrected chi connectivity index (χ0v) is 23.6. The van der Waals surface area contributed by atoms with Crippen LogP contribution >= 0.6 is 0 Å². The van der Waals surface area contributed by atoms with Crippen LogP contribution in [0.4, 0.5) is 21.8 Å². The van der Waals surface area contributed by atoms with E-state index in [1.807, 2.05) is 36.9 Å². The van der Waals surface area contributed by atoms with Gasteiger partial charge in [-0.25, -0.2) is 29.3 Å². The third kappa shape index (κ3) is 5.18. The zero-order chi connectivity index (χ0) is 29.4. The first-order valence-electron chi connectivity index (χ1n) is 13.6. The molecule has 0 aliphatic carbocycles. The average Bonchev–Trinajstić information content (AvgIpc) is 3.25. The van der Waals surface area contributed by atoms with Gasteiger partial charge in [0.25, 0.3) is 0 Å². The monoisotopic (exact) mass is 567 g/mol. The lowest BCUT2D eigenvalue weighted by Gasteiger charge is -2.25. The highest BCUT2D eigenvalue weighted by Gasteiger charge is 2.25. The number of ether oxygens (including phenoxy) is 1. The first-order valence-corrected chi connectivity index (χ1v) is 13.6. The van der Waals surface area contributed by atoms with Crippen LogP contribution < -0.4 is 15.0 Å². The number of halogens is 1. The number of nitrogens with one attached hydrogen (secondary N) is 1. The van der Waals surface area contributed by atoms with Crippen molar-refractivity contribution in [2.24, 2.45) is 7.05 Å². The number of amides is 1. The molecule has 5 aromatic rings. The molecule has 1 atom stereocenters. The molecule has 0 bridgehead atoms. The van der Waals surface area contributed by atoms with Crippen LogP contribution in [0.1, 0.15) is 18.9 Å². The molecule has 12 heteroatoms. The molecule has 214 valence electrons. The number of imidazole rings is 1. The lowest BCUT2D eigenvalue weighted by Crippen LogP contribution is -2.38. The Hall–Kier alpha value is -5.13. The van der Waals surface area contributed by atoms with E-state index in [-0.39, 0.29) is 11.9 Å². The van der Waals surface area contributed by atoms with Crippen molar-refractivity contribution in [3.8, 4) is 11.5 Å². The number of aryl methyl sites for hydroxylation is 2. The zero-order valence-electron chi connectivity index (χ0n) is 23.6. The van der Waals surface area contributed by atoms with Crippen molar-refractivity contribution >= 4 is 45.4 Å². The van der Waals surface area contributed by atoms with Crippen molar-refractivity contribution in [1.82, 2.24) is 34.4 Å². The summed E-state index contributed by atoms with van der Waals surface area (Å²) in [7, 11) is 1.75. The minimum absolute atomic E-state index is 0.0724. The Labute approximate surface area is 241 Å².